The van der Waals surface area contributed by atoms with E-state index in [1.165, 1.54) is 12.1 Å². The molecule has 0 radical (unpaired) electrons. The summed E-state index contributed by atoms with van der Waals surface area (Å²) >= 11 is 6.12. The number of rotatable bonds is 3. The highest BCUT2D eigenvalue weighted by molar-refractivity contribution is 6.30. The second-order valence-electron chi connectivity index (χ2n) is 5.17. The van der Waals surface area contributed by atoms with E-state index >= 15 is 0 Å². The highest BCUT2D eigenvalue weighted by atomic mass is 35.5. The topological polar surface area (TPSA) is 39.8 Å². The van der Waals surface area contributed by atoms with Gasteiger partial charge in [0.25, 0.3) is 5.56 Å². The minimum absolute atomic E-state index is 0.127. The van der Waals surface area contributed by atoms with E-state index in [-0.39, 0.29) is 16.4 Å². The molecular weight excluding hydrogens is 317 g/mol. The zero-order chi connectivity index (χ0) is 16.6. The molecule has 2 aromatic heterocycles. The lowest BCUT2D eigenvalue weighted by molar-refractivity contribution is 0.628. The minimum Gasteiger partial charge on any atom is -0.305 e. The van der Waals surface area contributed by atoms with E-state index in [2.05, 4.69) is 5.10 Å². The van der Waals surface area contributed by atoms with Crippen LogP contribution in [0.2, 0.25) is 5.02 Å². The lowest BCUT2D eigenvalue weighted by Crippen LogP contribution is -2.23. The molecule has 0 saturated heterocycles. The van der Waals surface area contributed by atoms with Gasteiger partial charge in [-0.2, -0.15) is 5.10 Å². The van der Waals surface area contributed by atoms with Crippen molar-refractivity contribution >= 4 is 11.6 Å². The second-order valence-corrected chi connectivity index (χ2v) is 5.57. The maximum absolute atomic E-state index is 13.3. The number of halogens is 2. The first kappa shape index (κ1) is 15.5. The summed E-state index contributed by atoms with van der Waals surface area (Å²) in [5.41, 5.74) is 2.71. The van der Waals surface area contributed by atoms with E-state index < -0.39 is 0 Å². The van der Waals surface area contributed by atoms with E-state index in [0.717, 1.165) is 11.3 Å². The summed E-state index contributed by atoms with van der Waals surface area (Å²) in [7, 11) is 0. The zero-order valence-corrected chi connectivity index (χ0v) is 13.5. The summed E-state index contributed by atoms with van der Waals surface area (Å²) in [6.45, 7) is 4.22. The molecule has 0 aliphatic carbocycles. The number of hydrogen-bond acceptors (Lipinski definition) is 2. The lowest BCUT2D eigenvalue weighted by Gasteiger charge is -2.18. The van der Waals surface area contributed by atoms with Gasteiger partial charge in [0.05, 0.1) is 11.4 Å². The van der Waals surface area contributed by atoms with Gasteiger partial charge >= 0.3 is 0 Å². The quantitative estimate of drug-likeness (QED) is 0.732. The molecule has 0 aliphatic rings. The Morgan fingerprint density at radius 3 is 2.48 bits per heavy atom. The van der Waals surface area contributed by atoms with Crippen LogP contribution in [-0.4, -0.2) is 14.3 Å². The Kier molecular flexibility index (Phi) is 4.05. The number of pyridine rings is 1. The van der Waals surface area contributed by atoms with Crippen LogP contribution >= 0.6 is 11.6 Å². The predicted octanol–water partition coefficient (Wildman–Crippen LogP) is 3.82. The van der Waals surface area contributed by atoms with Gasteiger partial charge in [0.1, 0.15) is 10.8 Å². The molecule has 2 heterocycles. The SMILES string of the molecule is CCn1c(-c2ccc(F)cc2)c(-n2nccc2C)cc(Cl)c1=O. The Morgan fingerprint density at radius 1 is 1.22 bits per heavy atom. The highest BCUT2D eigenvalue weighted by Gasteiger charge is 2.17. The van der Waals surface area contributed by atoms with Crippen LogP contribution < -0.4 is 5.56 Å². The number of benzene rings is 1. The Bertz CT molecular complexity index is 913. The Balaban J connectivity index is 2.39. The summed E-state index contributed by atoms with van der Waals surface area (Å²) in [6, 6.07) is 9.50. The van der Waals surface area contributed by atoms with Gasteiger partial charge in [0.2, 0.25) is 0 Å². The molecule has 3 rings (SSSR count). The fraction of sp³-hybridized carbons (Fsp3) is 0.176. The van der Waals surface area contributed by atoms with Gasteiger partial charge in [-0.05, 0) is 50.2 Å². The second kappa shape index (κ2) is 6.01. The maximum atomic E-state index is 13.3. The Morgan fingerprint density at radius 2 is 1.91 bits per heavy atom. The molecule has 0 bridgehead atoms. The molecule has 0 atom stereocenters. The zero-order valence-electron chi connectivity index (χ0n) is 12.8. The molecule has 1 aromatic carbocycles. The largest absolute Gasteiger partial charge is 0.305 e. The monoisotopic (exact) mass is 331 g/mol. The number of hydrogen-bond donors (Lipinski definition) is 0. The third-order valence-corrected chi connectivity index (χ3v) is 3.99. The average Bonchev–Trinajstić information content (AvgIpc) is 2.96. The third-order valence-electron chi connectivity index (χ3n) is 3.72. The van der Waals surface area contributed by atoms with Crippen LogP contribution in [0.3, 0.4) is 0 Å². The van der Waals surface area contributed by atoms with Crippen molar-refractivity contribution in [1.82, 2.24) is 14.3 Å². The van der Waals surface area contributed by atoms with E-state index in [1.54, 1.807) is 33.6 Å². The van der Waals surface area contributed by atoms with E-state index in [9.17, 15) is 9.18 Å². The number of aryl methyl sites for hydroxylation is 1. The molecule has 0 spiro atoms. The summed E-state index contributed by atoms with van der Waals surface area (Å²) < 4.78 is 16.6. The Hall–Kier alpha value is -2.40. The van der Waals surface area contributed by atoms with Crippen molar-refractivity contribution in [3.63, 3.8) is 0 Å². The van der Waals surface area contributed by atoms with Crippen molar-refractivity contribution in [2.45, 2.75) is 20.4 Å². The number of nitrogens with zero attached hydrogens (tertiary/aromatic N) is 3. The van der Waals surface area contributed by atoms with E-state index in [4.69, 9.17) is 11.6 Å². The maximum Gasteiger partial charge on any atom is 0.269 e. The molecule has 118 valence electrons. The molecule has 0 aliphatic heterocycles. The molecule has 3 aromatic rings. The standard InChI is InChI=1S/C17H15ClFN3O/c1-3-21-16(12-4-6-13(19)7-5-12)15(10-14(18)17(21)23)22-11(2)8-9-20-22/h4-10H,3H2,1-2H3. The van der Waals surface area contributed by atoms with Gasteiger partial charge in [-0.3, -0.25) is 4.79 Å². The minimum atomic E-state index is -0.329. The summed E-state index contributed by atoms with van der Waals surface area (Å²) in [4.78, 5) is 12.4. The molecular formula is C17H15ClFN3O. The van der Waals surface area contributed by atoms with Crippen LogP contribution in [0.5, 0.6) is 0 Å². The van der Waals surface area contributed by atoms with Crippen LogP contribution in [0, 0.1) is 12.7 Å². The molecule has 6 heteroatoms. The first-order chi connectivity index (χ1) is 11.0. The van der Waals surface area contributed by atoms with Crippen molar-refractivity contribution < 1.29 is 4.39 Å². The average molecular weight is 332 g/mol. The van der Waals surface area contributed by atoms with Gasteiger partial charge in [-0.15, -0.1) is 0 Å². The van der Waals surface area contributed by atoms with Crippen LogP contribution in [0.4, 0.5) is 4.39 Å². The van der Waals surface area contributed by atoms with E-state index in [1.807, 2.05) is 19.9 Å². The molecule has 0 N–H and O–H groups in total. The normalized spacial score (nSPS) is 11.0. The molecule has 0 unspecified atom stereocenters. The summed E-state index contributed by atoms with van der Waals surface area (Å²) in [6.07, 6.45) is 1.68. The predicted molar refractivity (Wildman–Crippen MR) is 88.6 cm³/mol. The van der Waals surface area contributed by atoms with Gasteiger partial charge in [-0.25, -0.2) is 9.07 Å². The molecule has 4 nitrogen and oxygen atoms in total. The van der Waals surface area contributed by atoms with Crippen LogP contribution in [0.15, 0.2) is 47.4 Å². The fourth-order valence-corrected chi connectivity index (χ4v) is 2.82. The highest BCUT2D eigenvalue weighted by Crippen LogP contribution is 2.28. The third kappa shape index (κ3) is 2.68. The molecule has 0 amide bonds. The first-order valence-corrected chi connectivity index (χ1v) is 7.61. The van der Waals surface area contributed by atoms with Gasteiger partial charge in [0, 0.05) is 24.0 Å². The Labute approximate surface area is 137 Å². The van der Waals surface area contributed by atoms with Gasteiger partial charge < -0.3 is 4.57 Å². The molecule has 0 saturated carbocycles. The lowest BCUT2D eigenvalue weighted by atomic mass is 10.1. The van der Waals surface area contributed by atoms with E-state index in [0.29, 0.717) is 17.9 Å². The van der Waals surface area contributed by atoms with Gasteiger partial charge in [0.15, 0.2) is 0 Å². The molecule has 23 heavy (non-hydrogen) atoms. The fourth-order valence-electron chi connectivity index (χ4n) is 2.62. The van der Waals surface area contributed by atoms with Gasteiger partial charge in [-0.1, -0.05) is 11.6 Å². The molecule has 0 fully saturated rings. The van der Waals surface area contributed by atoms with Crippen molar-refractivity contribution in [3.8, 4) is 16.9 Å². The smallest absolute Gasteiger partial charge is 0.269 e. The van der Waals surface area contributed by atoms with Crippen LogP contribution in [0.1, 0.15) is 12.6 Å². The van der Waals surface area contributed by atoms with Crippen LogP contribution in [-0.2, 0) is 6.54 Å². The van der Waals surface area contributed by atoms with Crippen molar-refractivity contribution in [3.05, 3.63) is 69.5 Å². The summed E-state index contributed by atoms with van der Waals surface area (Å²) in [5, 5.41) is 4.43. The summed E-state index contributed by atoms with van der Waals surface area (Å²) in [5.74, 6) is -0.329. The van der Waals surface area contributed by atoms with Crippen molar-refractivity contribution in [2.24, 2.45) is 0 Å². The van der Waals surface area contributed by atoms with Crippen molar-refractivity contribution in [2.75, 3.05) is 0 Å². The van der Waals surface area contributed by atoms with Crippen LogP contribution in [0.25, 0.3) is 16.9 Å². The van der Waals surface area contributed by atoms with Crippen molar-refractivity contribution in [1.29, 1.82) is 0 Å². The number of aromatic nitrogens is 3. The first-order valence-electron chi connectivity index (χ1n) is 7.23.